The van der Waals surface area contributed by atoms with Crippen LogP contribution in [0.5, 0.6) is 5.75 Å². The Morgan fingerprint density at radius 3 is 2.60 bits per heavy atom. The predicted molar refractivity (Wildman–Crippen MR) is 93.0 cm³/mol. The van der Waals surface area contributed by atoms with Crippen LogP contribution < -0.4 is 10.1 Å². The third-order valence-electron chi connectivity index (χ3n) is 3.84. The number of nitro groups is 1. The molecule has 3 rings (SSSR count). The molecule has 0 saturated heterocycles. The van der Waals surface area contributed by atoms with Gasteiger partial charge in [0.15, 0.2) is 5.75 Å². The molecule has 1 aromatic heterocycles. The third kappa shape index (κ3) is 3.57. The van der Waals surface area contributed by atoms with Crippen molar-refractivity contribution >= 4 is 11.4 Å². The number of anilines is 1. The summed E-state index contributed by atoms with van der Waals surface area (Å²) in [4.78, 5) is 14.4. The van der Waals surface area contributed by atoms with Gasteiger partial charge in [0.2, 0.25) is 0 Å². The molecule has 0 aliphatic carbocycles. The highest BCUT2D eigenvalue weighted by atomic mass is 16.6. The molecule has 8 nitrogen and oxygen atoms in total. The highest BCUT2D eigenvalue weighted by Gasteiger charge is 2.15. The summed E-state index contributed by atoms with van der Waals surface area (Å²) in [5, 5.41) is 18.4. The van der Waals surface area contributed by atoms with E-state index in [-0.39, 0.29) is 17.5 Å². The van der Waals surface area contributed by atoms with Gasteiger partial charge in [-0.2, -0.15) is 5.10 Å². The minimum atomic E-state index is -0.463. The summed E-state index contributed by atoms with van der Waals surface area (Å²) in [6, 6.07) is 12.6. The Morgan fingerprint density at radius 2 is 2.00 bits per heavy atom. The number of methoxy groups -OCH3 is 1. The van der Waals surface area contributed by atoms with Gasteiger partial charge in [-0.1, -0.05) is 12.1 Å². The van der Waals surface area contributed by atoms with Gasteiger partial charge in [0.05, 0.1) is 17.7 Å². The van der Waals surface area contributed by atoms with E-state index in [0.717, 1.165) is 16.9 Å². The van der Waals surface area contributed by atoms with Crippen molar-refractivity contribution < 1.29 is 9.66 Å². The van der Waals surface area contributed by atoms with E-state index in [4.69, 9.17) is 4.74 Å². The van der Waals surface area contributed by atoms with E-state index < -0.39 is 4.92 Å². The van der Waals surface area contributed by atoms with Crippen molar-refractivity contribution in [2.75, 3.05) is 12.4 Å². The minimum absolute atomic E-state index is 0.0101. The molecule has 0 spiro atoms. The molecule has 1 atom stereocenters. The third-order valence-corrected chi connectivity index (χ3v) is 3.84. The van der Waals surface area contributed by atoms with Gasteiger partial charge in [-0.3, -0.25) is 10.1 Å². The molecule has 1 heterocycles. The number of rotatable bonds is 6. The van der Waals surface area contributed by atoms with Gasteiger partial charge in [0, 0.05) is 23.9 Å². The molecule has 3 aromatic rings. The van der Waals surface area contributed by atoms with Crippen LogP contribution in [0.25, 0.3) is 5.69 Å². The molecule has 0 amide bonds. The van der Waals surface area contributed by atoms with Crippen LogP contribution in [0.15, 0.2) is 55.1 Å². The van der Waals surface area contributed by atoms with Crippen LogP contribution in [0.4, 0.5) is 11.4 Å². The second-order valence-electron chi connectivity index (χ2n) is 5.44. The number of nitrogens with zero attached hydrogens (tertiary/aromatic N) is 4. The molecule has 25 heavy (non-hydrogen) atoms. The standard InChI is InChI=1S/C17H17N5O3/c1-12(13-3-6-15(7-4-13)21-11-18-10-19-21)20-14-5-8-16(22(23)24)17(9-14)25-2/h3-12,20H,1-2H3/t12-/m0/s1. The Bertz CT molecular complexity index is 862. The molecule has 0 radical (unpaired) electrons. The molecular formula is C17H17N5O3. The van der Waals surface area contributed by atoms with Crippen LogP contribution >= 0.6 is 0 Å². The van der Waals surface area contributed by atoms with E-state index in [9.17, 15) is 10.1 Å². The van der Waals surface area contributed by atoms with E-state index in [1.807, 2.05) is 31.2 Å². The average molecular weight is 339 g/mol. The van der Waals surface area contributed by atoms with Crippen LogP contribution in [0.3, 0.4) is 0 Å². The van der Waals surface area contributed by atoms with Crippen LogP contribution in [-0.4, -0.2) is 26.8 Å². The van der Waals surface area contributed by atoms with Gasteiger partial charge >= 0.3 is 5.69 Å². The van der Waals surface area contributed by atoms with Crippen molar-refractivity contribution in [3.63, 3.8) is 0 Å². The number of aromatic nitrogens is 3. The lowest BCUT2D eigenvalue weighted by Gasteiger charge is -2.16. The summed E-state index contributed by atoms with van der Waals surface area (Å²) in [5.41, 5.74) is 2.68. The van der Waals surface area contributed by atoms with Crippen molar-refractivity contribution in [3.8, 4) is 11.4 Å². The van der Waals surface area contributed by atoms with E-state index in [0.29, 0.717) is 0 Å². The number of hydrogen-bond donors (Lipinski definition) is 1. The summed E-state index contributed by atoms with van der Waals surface area (Å²) < 4.78 is 6.78. The summed E-state index contributed by atoms with van der Waals surface area (Å²) in [6.07, 6.45) is 3.12. The van der Waals surface area contributed by atoms with Gasteiger partial charge in [0.1, 0.15) is 12.7 Å². The van der Waals surface area contributed by atoms with Crippen molar-refractivity contribution in [3.05, 3.63) is 70.8 Å². The summed E-state index contributed by atoms with van der Waals surface area (Å²) in [6.45, 7) is 2.01. The maximum Gasteiger partial charge on any atom is 0.311 e. The van der Waals surface area contributed by atoms with Crippen LogP contribution in [0.1, 0.15) is 18.5 Å². The van der Waals surface area contributed by atoms with E-state index in [1.54, 1.807) is 23.1 Å². The number of nitro benzene ring substituents is 1. The maximum atomic E-state index is 11.0. The van der Waals surface area contributed by atoms with Crippen molar-refractivity contribution in [1.82, 2.24) is 14.8 Å². The monoisotopic (exact) mass is 339 g/mol. The molecule has 0 unspecified atom stereocenters. The SMILES string of the molecule is COc1cc(N[C@@H](C)c2ccc(-n3cncn3)cc2)ccc1[N+](=O)[O-]. The quantitative estimate of drug-likeness (QED) is 0.546. The fourth-order valence-corrected chi connectivity index (χ4v) is 2.51. The molecule has 1 N–H and O–H groups in total. The summed E-state index contributed by atoms with van der Waals surface area (Å²) in [7, 11) is 1.42. The van der Waals surface area contributed by atoms with Gasteiger partial charge in [-0.05, 0) is 30.7 Å². The summed E-state index contributed by atoms with van der Waals surface area (Å²) in [5.74, 6) is 0.226. The first kappa shape index (κ1) is 16.4. The largest absolute Gasteiger partial charge is 0.490 e. The smallest absolute Gasteiger partial charge is 0.311 e. The number of nitrogens with one attached hydrogen (secondary N) is 1. The van der Waals surface area contributed by atoms with Crippen LogP contribution in [0.2, 0.25) is 0 Å². The van der Waals surface area contributed by atoms with Crippen molar-refractivity contribution in [1.29, 1.82) is 0 Å². The van der Waals surface area contributed by atoms with Crippen molar-refractivity contribution in [2.24, 2.45) is 0 Å². The maximum absolute atomic E-state index is 11.0. The zero-order chi connectivity index (χ0) is 17.8. The highest BCUT2D eigenvalue weighted by Crippen LogP contribution is 2.31. The normalized spacial score (nSPS) is 11.8. The second kappa shape index (κ2) is 7.00. The van der Waals surface area contributed by atoms with Gasteiger partial charge < -0.3 is 10.1 Å². The number of benzene rings is 2. The average Bonchev–Trinajstić information content (AvgIpc) is 3.16. The summed E-state index contributed by atoms with van der Waals surface area (Å²) >= 11 is 0. The zero-order valence-electron chi connectivity index (χ0n) is 13.8. The van der Waals surface area contributed by atoms with Gasteiger partial charge in [0.25, 0.3) is 0 Å². The molecule has 128 valence electrons. The lowest BCUT2D eigenvalue weighted by molar-refractivity contribution is -0.385. The molecule has 0 saturated carbocycles. The Labute approximate surface area is 144 Å². The Kier molecular flexibility index (Phi) is 4.60. The molecule has 0 fully saturated rings. The Morgan fingerprint density at radius 1 is 1.24 bits per heavy atom. The van der Waals surface area contributed by atoms with Crippen LogP contribution in [0, 0.1) is 10.1 Å². The lowest BCUT2D eigenvalue weighted by Crippen LogP contribution is -2.07. The number of hydrogen-bond acceptors (Lipinski definition) is 6. The Hall–Kier alpha value is -3.42. The van der Waals surface area contributed by atoms with Gasteiger partial charge in [-0.15, -0.1) is 0 Å². The fraction of sp³-hybridized carbons (Fsp3) is 0.176. The molecule has 0 aliphatic rings. The first-order chi connectivity index (χ1) is 12.1. The minimum Gasteiger partial charge on any atom is -0.490 e. The molecule has 0 aliphatic heterocycles. The lowest BCUT2D eigenvalue weighted by atomic mass is 10.1. The molecule has 8 heteroatoms. The topological polar surface area (TPSA) is 95.1 Å². The molecular weight excluding hydrogens is 322 g/mol. The van der Waals surface area contributed by atoms with E-state index in [1.165, 1.54) is 19.5 Å². The van der Waals surface area contributed by atoms with E-state index >= 15 is 0 Å². The first-order valence-electron chi connectivity index (χ1n) is 7.62. The van der Waals surface area contributed by atoms with E-state index in [2.05, 4.69) is 15.4 Å². The second-order valence-corrected chi connectivity index (χ2v) is 5.44. The zero-order valence-corrected chi connectivity index (χ0v) is 13.8. The molecule has 0 bridgehead atoms. The molecule has 2 aromatic carbocycles. The van der Waals surface area contributed by atoms with Crippen molar-refractivity contribution in [2.45, 2.75) is 13.0 Å². The first-order valence-corrected chi connectivity index (χ1v) is 7.62. The van der Waals surface area contributed by atoms with Gasteiger partial charge in [-0.25, -0.2) is 9.67 Å². The highest BCUT2D eigenvalue weighted by molar-refractivity contribution is 5.58. The fourth-order valence-electron chi connectivity index (χ4n) is 2.51. The van der Waals surface area contributed by atoms with Crippen LogP contribution in [-0.2, 0) is 0 Å². The number of ether oxygens (including phenoxy) is 1. The Balaban J connectivity index is 1.75. The predicted octanol–water partition coefficient (Wildman–Crippen LogP) is 3.36.